The zero-order valence-corrected chi connectivity index (χ0v) is 8.10. The quantitative estimate of drug-likeness (QED) is 0.749. The molecule has 0 fully saturated rings. The summed E-state index contributed by atoms with van der Waals surface area (Å²) >= 11 is 5.85. The molecule has 0 saturated carbocycles. The predicted octanol–water partition coefficient (Wildman–Crippen LogP) is 3.09. The smallest absolute Gasteiger partial charge is 0.0787 e. The fraction of sp³-hybridized carbons (Fsp3) is 0.400. The van der Waals surface area contributed by atoms with E-state index in [1.807, 2.05) is 32.0 Å². The Morgan fingerprint density at radius 2 is 2.17 bits per heavy atom. The van der Waals surface area contributed by atoms with Crippen LogP contribution in [0.15, 0.2) is 18.2 Å². The molecule has 1 nitrogen and oxygen atoms in total. The van der Waals surface area contributed by atoms with E-state index in [0.29, 0.717) is 0 Å². The average Bonchev–Trinajstić information content (AvgIpc) is 2.08. The van der Waals surface area contributed by atoms with Crippen LogP contribution in [0.3, 0.4) is 0 Å². The molecule has 0 heterocycles. The van der Waals surface area contributed by atoms with Crippen molar-refractivity contribution in [2.45, 2.75) is 26.4 Å². The number of rotatable bonds is 2. The molecule has 0 aliphatic heterocycles. The number of aliphatic hydroxyl groups excluding tert-OH is 1. The summed E-state index contributed by atoms with van der Waals surface area (Å²) in [5, 5.41) is 10.3. The number of halogens is 1. The monoisotopic (exact) mass is 184 g/mol. The van der Waals surface area contributed by atoms with E-state index in [2.05, 4.69) is 0 Å². The zero-order valence-electron chi connectivity index (χ0n) is 7.34. The summed E-state index contributed by atoms with van der Waals surface area (Å²) in [6.07, 6.45) is 0.377. The van der Waals surface area contributed by atoms with Crippen LogP contribution < -0.4 is 0 Å². The van der Waals surface area contributed by atoms with Crippen LogP contribution in [0.25, 0.3) is 0 Å². The van der Waals surface area contributed by atoms with Crippen molar-refractivity contribution < 1.29 is 5.11 Å². The highest BCUT2D eigenvalue weighted by molar-refractivity contribution is 6.31. The maximum atomic E-state index is 9.50. The SMILES string of the molecule is CC[C@H](O)c1ccc(Cl)c(C)c1. The van der Waals surface area contributed by atoms with E-state index in [1.54, 1.807) is 0 Å². The van der Waals surface area contributed by atoms with E-state index in [9.17, 15) is 5.11 Å². The third-order valence-electron chi connectivity index (χ3n) is 1.95. The summed E-state index contributed by atoms with van der Waals surface area (Å²) in [6, 6.07) is 5.62. The lowest BCUT2D eigenvalue weighted by molar-refractivity contribution is 0.173. The Balaban J connectivity index is 2.96. The first-order valence-electron chi connectivity index (χ1n) is 4.09. The van der Waals surface area contributed by atoms with E-state index in [4.69, 9.17) is 11.6 Å². The second-order valence-corrected chi connectivity index (χ2v) is 3.34. The minimum absolute atomic E-state index is 0.360. The van der Waals surface area contributed by atoms with Crippen LogP contribution in [0.4, 0.5) is 0 Å². The number of aliphatic hydroxyl groups is 1. The Bertz CT molecular complexity index is 271. The molecule has 1 aromatic rings. The van der Waals surface area contributed by atoms with E-state index >= 15 is 0 Å². The highest BCUT2D eigenvalue weighted by Gasteiger charge is 2.05. The van der Waals surface area contributed by atoms with Crippen molar-refractivity contribution in [1.29, 1.82) is 0 Å². The highest BCUT2D eigenvalue weighted by Crippen LogP contribution is 2.22. The Morgan fingerprint density at radius 3 is 2.67 bits per heavy atom. The normalized spacial score (nSPS) is 13.0. The van der Waals surface area contributed by atoms with E-state index in [0.717, 1.165) is 22.6 Å². The molecule has 1 atom stereocenters. The summed E-state index contributed by atoms with van der Waals surface area (Å²) in [4.78, 5) is 0. The van der Waals surface area contributed by atoms with Gasteiger partial charge in [0.1, 0.15) is 0 Å². The molecular formula is C10H13ClO. The molecule has 1 N–H and O–H groups in total. The lowest BCUT2D eigenvalue weighted by Crippen LogP contribution is -1.95. The standard InChI is InChI=1S/C10H13ClO/c1-3-10(12)8-4-5-9(11)7(2)6-8/h4-6,10,12H,3H2,1-2H3/t10-/m0/s1. The topological polar surface area (TPSA) is 20.2 Å². The minimum Gasteiger partial charge on any atom is -0.388 e. The highest BCUT2D eigenvalue weighted by atomic mass is 35.5. The van der Waals surface area contributed by atoms with Gasteiger partial charge in [0, 0.05) is 5.02 Å². The van der Waals surface area contributed by atoms with Gasteiger partial charge in [0.25, 0.3) is 0 Å². The van der Waals surface area contributed by atoms with Crippen LogP contribution in [0.2, 0.25) is 5.02 Å². The molecule has 0 aliphatic carbocycles. The zero-order chi connectivity index (χ0) is 9.14. The summed E-state index contributed by atoms with van der Waals surface area (Å²) in [6.45, 7) is 3.89. The molecule has 0 aromatic heterocycles. The molecule has 66 valence electrons. The molecule has 1 rings (SSSR count). The molecule has 2 heteroatoms. The van der Waals surface area contributed by atoms with Crippen LogP contribution in [0.5, 0.6) is 0 Å². The Kier molecular flexibility index (Phi) is 3.12. The Morgan fingerprint density at radius 1 is 1.50 bits per heavy atom. The van der Waals surface area contributed by atoms with Gasteiger partial charge in [-0.15, -0.1) is 0 Å². The van der Waals surface area contributed by atoms with Gasteiger partial charge in [-0.1, -0.05) is 30.7 Å². The van der Waals surface area contributed by atoms with Crippen molar-refractivity contribution in [3.05, 3.63) is 34.3 Å². The van der Waals surface area contributed by atoms with Crippen molar-refractivity contribution in [3.8, 4) is 0 Å². The van der Waals surface area contributed by atoms with Crippen molar-refractivity contribution in [3.63, 3.8) is 0 Å². The number of hydrogen-bond donors (Lipinski definition) is 1. The van der Waals surface area contributed by atoms with Crippen molar-refractivity contribution in [2.24, 2.45) is 0 Å². The number of aryl methyl sites for hydroxylation is 1. The van der Waals surface area contributed by atoms with Crippen molar-refractivity contribution >= 4 is 11.6 Å². The largest absolute Gasteiger partial charge is 0.388 e. The van der Waals surface area contributed by atoms with Crippen molar-refractivity contribution in [1.82, 2.24) is 0 Å². The maximum Gasteiger partial charge on any atom is 0.0787 e. The van der Waals surface area contributed by atoms with Gasteiger partial charge in [0.2, 0.25) is 0 Å². The second kappa shape index (κ2) is 3.92. The molecule has 1 aromatic carbocycles. The van der Waals surface area contributed by atoms with Gasteiger partial charge in [-0.25, -0.2) is 0 Å². The molecular weight excluding hydrogens is 172 g/mol. The van der Waals surface area contributed by atoms with Crippen LogP contribution >= 0.6 is 11.6 Å². The van der Waals surface area contributed by atoms with Gasteiger partial charge in [-0.3, -0.25) is 0 Å². The minimum atomic E-state index is -0.360. The third-order valence-corrected chi connectivity index (χ3v) is 2.38. The van der Waals surface area contributed by atoms with Gasteiger partial charge >= 0.3 is 0 Å². The summed E-state index contributed by atoms with van der Waals surface area (Å²) in [5.74, 6) is 0. The van der Waals surface area contributed by atoms with Gasteiger partial charge in [0.05, 0.1) is 6.10 Å². The third kappa shape index (κ3) is 1.99. The molecule has 0 aliphatic rings. The van der Waals surface area contributed by atoms with E-state index < -0.39 is 0 Å². The average molecular weight is 185 g/mol. The van der Waals surface area contributed by atoms with Gasteiger partial charge < -0.3 is 5.11 Å². The number of benzene rings is 1. The van der Waals surface area contributed by atoms with Crippen LogP contribution in [-0.4, -0.2) is 5.11 Å². The summed E-state index contributed by atoms with van der Waals surface area (Å²) < 4.78 is 0. The molecule has 0 bridgehead atoms. The fourth-order valence-corrected chi connectivity index (χ4v) is 1.23. The molecule has 12 heavy (non-hydrogen) atoms. The number of hydrogen-bond acceptors (Lipinski definition) is 1. The molecule has 0 amide bonds. The van der Waals surface area contributed by atoms with E-state index in [1.165, 1.54) is 0 Å². The van der Waals surface area contributed by atoms with Crippen molar-refractivity contribution in [2.75, 3.05) is 0 Å². The fourth-order valence-electron chi connectivity index (χ4n) is 1.11. The van der Waals surface area contributed by atoms with Crippen LogP contribution in [0.1, 0.15) is 30.6 Å². The van der Waals surface area contributed by atoms with E-state index in [-0.39, 0.29) is 6.10 Å². The Hall–Kier alpha value is -0.530. The maximum absolute atomic E-state index is 9.50. The summed E-state index contributed by atoms with van der Waals surface area (Å²) in [5.41, 5.74) is 1.96. The lowest BCUT2D eigenvalue weighted by Gasteiger charge is -2.09. The molecule has 0 saturated heterocycles. The first-order valence-corrected chi connectivity index (χ1v) is 4.47. The second-order valence-electron chi connectivity index (χ2n) is 2.93. The lowest BCUT2D eigenvalue weighted by atomic mass is 10.1. The van der Waals surface area contributed by atoms with Gasteiger partial charge in [-0.05, 0) is 30.5 Å². The Labute approximate surface area is 78.0 Å². The predicted molar refractivity (Wildman–Crippen MR) is 51.4 cm³/mol. The molecule has 0 radical (unpaired) electrons. The first-order chi connectivity index (χ1) is 5.65. The molecule has 0 spiro atoms. The first kappa shape index (κ1) is 9.56. The van der Waals surface area contributed by atoms with Gasteiger partial charge in [0.15, 0.2) is 0 Å². The summed E-state index contributed by atoms with van der Waals surface area (Å²) in [7, 11) is 0. The van der Waals surface area contributed by atoms with Gasteiger partial charge in [-0.2, -0.15) is 0 Å². The van der Waals surface area contributed by atoms with Crippen LogP contribution in [0, 0.1) is 6.92 Å². The molecule has 0 unspecified atom stereocenters. The van der Waals surface area contributed by atoms with Crippen LogP contribution in [-0.2, 0) is 0 Å².